The minimum atomic E-state index is -3.32. The number of aliphatic hydroxyl groups is 2. The largest absolute Gasteiger partial charge is 0.396 e. The number of hydrogen-bond acceptors (Lipinski definition) is 4. The fraction of sp³-hybridized carbons (Fsp3) is 0.600. The molecule has 5 heteroatoms. The van der Waals surface area contributed by atoms with Gasteiger partial charge in [0.25, 0.3) is 0 Å². The summed E-state index contributed by atoms with van der Waals surface area (Å²) in [5.74, 6) is -0.105. The molecular formula is C15H22O4S. The van der Waals surface area contributed by atoms with Crippen LogP contribution in [-0.2, 0) is 9.84 Å². The minimum absolute atomic E-state index is 0.0276. The lowest BCUT2D eigenvalue weighted by Gasteiger charge is -2.37. The highest BCUT2D eigenvalue weighted by atomic mass is 32.2. The number of rotatable bonds is 5. The van der Waals surface area contributed by atoms with Gasteiger partial charge in [-0.3, -0.25) is 0 Å². The van der Waals surface area contributed by atoms with E-state index in [0.29, 0.717) is 11.3 Å². The standard InChI is InChI=1S/C15H22O4S/c1-11(2)7-15(9-16,10-17)13-8-20(18,19)14-6-4-3-5-12(13)14/h3-6,11,13,16-17H,7-10H2,1-2H3. The van der Waals surface area contributed by atoms with Crippen LogP contribution in [0.15, 0.2) is 29.2 Å². The van der Waals surface area contributed by atoms with E-state index in [4.69, 9.17) is 0 Å². The summed E-state index contributed by atoms with van der Waals surface area (Å²) < 4.78 is 24.5. The quantitative estimate of drug-likeness (QED) is 0.865. The first-order valence-electron chi connectivity index (χ1n) is 6.90. The normalized spacial score (nSPS) is 21.1. The van der Waals surface area contributed by atoms with Crippen molar-refractivity contribution in [3.05, 3.63) is 29.8 Å². The van der Waals surface area contributed by atoms with Gasteiger partial charge >= 0.3 is 0 Å². The van der Waals surface area contributed by atoms with Gasteiger partial charge in [0.2, 0.25) is 0 Å². The number of sulfone groups is 1. The minimum Gasteiger partial charge on any atom is -0.396 e. The van der Waals surface area contributed by atoms with Crippen molar-refractivity contribution in [3.8, 4) is 0 Å². The van der Waals surface area contributed by atoms with Crippen LogP contribution in [0.4, 0.5) is 0 Å². The molecule has 112 valence electrons. The lowest BCUT2D eigenvalue weighted by atomic mass is 9.69. The van der Waals surface area contributed by atoms with Gasteiger partial charge in [0.15, 0.2) is 9.84 Å². The summed E-state index contributed by atoms with van der Waals surface area (Å²) in [4.78, 5) is 0.347. The van der Waals surface area contributed by atoms with Crippen LogP contribution in [0.2, 0.25) is 0 Å². The molecule has 1 unspecified atom stereocenters. The van der Waals surface area contributed by atoms with Crippen LogP contribution in [0.3, 0.4) is 0 Å². The molecule has 2 N–H and O–H groups in total. The molecular weight excluding hydrogens is 276 g/mol. The zero-order valence-corrected chi connectivity index (χ0v) is 12.7. The van der Waals surface area contributed by atoms with E-state index < -0.39 is 15.3 Å². The summed E-state index contributed by atoms with van der Waals surface area (Å²) >= 11 is 0. The molecule has 0 radical (unpaired) electrons. The second kappa shape index (κ2) is 5.47. The second-order valence-corrected chi connectivity index (χ2v) is 8.15. The summed E-state index contributed by atoms with van der Waals surface area (Å²) in [6, 6.07) is 6.92. The Bertz CT molecular complexity index is 573. The molecule has 0 aromatic heterocycles. The Hall–Kier alpha value is -0.910. The van der Waals surface area contributed by atoms with Gasteiger partial charge in [0, 0.05) is 11.3 Å². The highest BCUT2D eigenvalue weighted by Gasteiger charge is 2.47. The van der Waals surface area contributed by atoms with E-state index in [2.05, 4.69) is 0 Å². The lowest BCUT2D eigenvalue weighted by molar-refractivity contribution is 0.0191. The summed E-state index contributed by atoms with van der Waals surface area (Å²) in [6.45, 7) is 3.59. The molecule has 0 spiro atoms. The molecule has 20 heavy (non-hydrogen) atoms. The molecule has 0 fully saturated rings. The van der Waals surface area contributed by atoms with E-state index >= 15 is 0 Å². The van der Waals surface area contributed by atoms with Crippen LogP contribution in [0.25, 0.3) is 0 Å². The third-order valence-corrected chi connectivity index (χ3v) is 6.01. The van der Waals surface area contributed by atoms with Gasteiger partial charge in [-0.1, -0.05) is 32.0 Å². The molecule has 0 saturated heterocycles. The van der Waals surface area contributed by atoms with E-state index in [1.807, 2.05) is 19.9 Å². The monoisotopic (exact) mass is 298 g/mol. The summed E-state index contributed by atoms with van der Waals surface area (Å²) in [5, 5.41) is 19.7. The van der Waals surface area contributed by atoms with Gasteiger partial charge in [-0.05, 0) is 24.0 Å². The van der Waals surface area contributed by atoms with Crippen molar-refractivity contribution < 1.29 is 18.6 Å². The highest BCUT2D eigenvalue weighted by molar-refractivity contribution is 7.91. The Morgan fingerprint density at radius 2 is 1.85 bits per heavy atom. The van der Waals surface area contributed by atoms with E-state index in [9.17, 15) is 18.6 Å². The zero-order valence-electron chi connectivity index (χ0n) is 11.9. The molecule has 1 aromatic carbocycles. The van der Waals surface area contributed by atoms with E-state index in [0.717, 1.165) is 5.56 Å². The summed E-state index contributed by atoms with van der Waals surface area (Å²) in [7, 11) is -3.32. The average Bonchev–Trinajstić information content (AvgIpc) is 2.69. The van der Waals surface area contributed by atoms with E-state index in [1.54, 1.807) is 18.2 Å². The first-order chi connectivity index (χ1) is 9.36. The van der Waals surface area contributed by atoms with Crippen molar-refractivity contribution in [2.24, 2.45) is 11.3 Å². The number of aliphatic hydroxyl groups excluding tert-OH is 2. The molecule has 0 amide bonds. The number of hydrogen-bond donors (Lipinski definition) is 2. The third kappa shape index (κ3) is 2.50. The summed E-state index contributed by atoms with van der Waals surface area (Å²) in [6.07, 6.45) is 0.592. The molecule has 1 aliphatic rings. The van der Waals surface area contributed by atoms with Gasteiger partial charge in [-0.2, -0.15) is 0 Å². The Kier molecular flexibility index (Phi) is 4.23. The fourth-order valence-corrected chi connectivity index (χ4v) is 5.32. The molecule has 1 heterocycles. The van der Waals surface area contributed by atoms with Crippen LogP contribution in [-0.4, -0.2) is 37.6 Å². The zero-order chi connectivity index (χ0) is 15.0. The second-order valence-electron chi connectivity index (χ2n) is 6.15. The van der Waals surface area contributed by atoms with Crippen molar-refractivity contribution in [2.45, 2.75) is 31.1 Å². The van der Waals surface area contributed by atoms with Crippen LogP contribution >= 0.6 is 0 Å². The average molecular weight is 298 g/mol. The molecule has 1 aliphatic heterocycles. The van der Waals surface area contributed by atoms with Crippen molar-refractivity contribution in [3.63, 3.8) is 0 Å². The maximum absolute atomic E-state index is 12.3. The summed E-state index contributed by atoms with van der Waals surface area (Å²) in [5.41, 5.74) is -0.0512. The SMILES string of the molecule is CC(C)CC(CO)(CO)C1CS(=O)(=O)c2ccccc21. The van der Waals surface area contributed by atoms with Gasteiger partial charge in [0.1, 0.15) is 0 Å². The predicted octanol–water partition coefficient (Wildman–Crippen LogP) is 1.57. The van der Waals surface area contributed by atoms with Gasteiger partial charge in [-0.25, -0.2) is 8.42 Å². The van der Waals surface area contributed by atoms with Crippen molar-refractivity contribution in [1.82, 2.24) is 0 Å². The Morgan fingerprint density at radius 1 is 1.25 bits per heavy atom. The van der Waals surface area contributed by atoms with Crippen molar-refractivity contribution in [2.75, 3.05) is 19.0 Å². The molecule has 0 aliphatic carbocycles. The van der Waals surface area contributed by atoms with Crippen LogP contribution in [0.1, 0.15) is 31.7 Å². The van der Waals surface area contributed by atoms with E-state index in [-0.39, 0.29) is 30.8 Å². The fourth-order valence-electron chi connectivity index (χ4n) is 3.31. The van der Waals surface area contributed by atoms with Crippen LogP contribution < -0.4 is 0 Å². The highest BCUT2D eigenvalue weighted by Crippen LogP contribution is 2.48. The maximum Gasteiger partial charge on any atom is 0.179 e. The molecule has 2 rings (SSSR count). The first kappa shape index (κ1) is 15.5. The van der Waals surface area contributed by atoms with E-state index in [1.165, 1.54) is 0 Å². The molecule has 4 nitrogen and oxygen atoms in total. The van der Waals surface area contributed by atoms with Gasteiger partial charge < -0.3 is 10.2 Å². The van der Waals surface area contributed by atoms with Crippen molar-refractivity contribution >= 4 is 9.84 Å². The number of fused-ring (bicyclic) bond motifs is 1. The van der Waals surface area contributed by atoms with Gasteiger partial charge in [-0.15, -0.1) is 0 Å². The first-order valence-corrected chi connectivity index (χ1v) is 8.55. The Labute approximate surface area is 120 Å². The van der Waals surface area contributed by atoms with Crippen LogP contribution in [0.5, 0.6) is 0 Å². The van der Waals surface area contributed by atoms with Crippen LogP contribution in [0, 0.1) is 11.3 Å². The molecule has 0 bridgehead atoms. The maximum atomic E-state index is 12.3. The Balaban J connectivity index is 2.52. The lowest BCUT2D eigenvalue weighted by Crippen LogP contribution is -2.39. The molecule has 0 saturated carbocycles. The Morgan fingerprint density at radius 3 is 2.40 bits per heavy atom. The molecule has 1 aromatic rings. The number of benzene rings is 1. The predicted molar refractivity (Wildman–Crippen MR) is 77.3 cm³/mol. The van der Waals surface area contributed by atoms with Gasteiger partial charge in [0.05, 0.1) is 23.9 Å². The van der Waals surface area contributed by atoms with Crippen molar-refractivity contribution in [1.29, 1.82) is 0 Å². The smallest absolute Gasteiger partial charge is 0.179 e. The third-order valence-electron chi connectivity index (χ3n) is 4.20. The molecule has 1 atom stereocenters. The topological polar surface area (TPSA) is 74.6 Å².